The molecule has 0 aromatic heterocycles. The van der Waals surface area contributed by atoms with Crippen LogP contribution in [0.25, 0.3) is 0 Å². The van der Waals surface area contributed by atoms with Gasteiger partial charge in [-0.2, -0.15) is 0 Å². The highest BCUT2D eigenvalue weighted by Crippen LogP contribution is 2.28. The molecule has 7 heteroatoms. The molecule has 2 rings (SSSR count). The Labute approximate surface area is 135 Å². The number of rotatable bonds is 8. The Morgan fingerprint density at radius 3 is 1.43 bits per heavy atom. The highest BCUT2D eigenvalue weighted by atomic mass is 32.1. The van der Waals surface area contributed by atoms with E-state index in [-0.39, 0.29) is 11.9 Å². The Morgan fingerprint density at radius 2 is 1.05 bits per heavy atom. The van der Waals surface area contributed by atoms with Crippen LogP contribution in [-0.4, -0.2) is 19.6 Å². The molecule has 0 unspecified atom stereocenters. The molecular weight excluding hydrogens is 307 g/mol. The van der Waals surface area contributed by atoms with E-state index in [1.54, 1.807) is 24.3 Å². The van der Waals surface area contributed by atoms with Crippen LogP contribution < -0.4 is 18.8 Å². The van der Waals surface area contributed by atoms with E-state index in [0.29, 0.717) is 23.0 Å². The molecule has 0 heterocycles. The molecule has 0 saturated carbocycles. The number of benzene rings is 2. The van der Waals surface area contributed by atoms with Crippen LogP contribution in [-0.2, 0) is 0 Å². The van der Waals surface area contributed by atoms with Gasteiger partial charge in [-0.25, -0.2) is 0 Å². The summed E-state index contributed by atoms with van der Waals surface area (Å²) in [4.78, 5) is 0. The smallest absolute Gasteiger partial charge is 0.524 e. The first-order chi connectivity index (χ1) is 10.3. The summed E-state index contributed by atoms with van der Waals surface area (Å²) in [5.74, 6) is 2.79. The summed E-state index contributed by atoms with van der Waals surface area (Å²) in [6.07, 6.45) is 0. The number of ether oxygens (including phenoxy) is 2. The molecule has 0 saturated heterocycles. The van der Waals surface area contributed by atoms with Gasteiger partial charge in [-0.1, -0.05) is 24.3 Å². The first-order valence-electron chi connectivity index (χ1n) is 6.15. The van der Waals surface area contributed by atoms with Crippen molar-refractivity contribution in [1.82, 2.24) is 0 Å². The quantitative estimate of drug-likeness (QED) is 0.445. The molecule has 0 atom stereocenters. The van der Waals surface area contributed by atoms with Crippen molar-refractivity contribution < 1.29 is 18.8 Å². The van der Waals surface area contributed by atoms with E-state index in [0.717, 1.165) is 0 Å². The summed E-state index contributed by atoms with van der Waals surface area (Å²) >= 11 is 8.04. The van der Waals surface area contributed by atoms with Gasteiger partial charge in [0.15, 0.2) is 11.5 Å². The van der Waals surface area contributed by atoms with Crippen molar-refractivity contribution in [3.05, 3.63) is 48.5 Å². The Kier molecular flexibility index (Phi) is 6.49. The predicted octanol–water partition coefficient (Wildman–Crippen LogP) is 3.21. The lowest BCUT2D eigenvalue weighted by Gasteiger charge is -2.12. The Bertz CT molecular complexity index is 519. The van der Waals surface area contributed by atoms with Gasteiger partial charge < -0.3 is 18.8 Å². The van der Waals surface area contributed by atoms with Gasteiger partial charge in [0, 0.05) is 0 Å². The second-order valence-corrected chi connectivity index (χ2v) is 4.29. The van der Waals surface area contributed by atoms with E-state index in [4.69, 9.17) is 18.8 Å². The maximum absolute atomic E-state index is 5.45. The molecule has 1 radical (unpaired) electrons. The molecule has 0 aliphatic rings. The van der Waals surface area contributed by atoms with E-state index in [2.05, 4.69) is 25.3 Å². The Morgan fingerprint density at radius 1 is 0.667 bits per heavy atom. The van der Waals surface area contributed by atoms with Crippen LogP contribution in [0.1, 0.15) is 0 Å². The second kappa shape index (κ2) is 8.64. The molecule has 0 bridgehead atoms. The van der Waals surface area contributed by atoms with Gasteiger partial charge in [0.2, 0.25) is 0 Å². The first kappa shape index (κ1) is 15.8. The van der Waals surface area contributed by atoms with Gasteiger partial charge in [0.25, 0.3) is 0 Å². The minimum absolute atomic E-state index is 0.264. The zero-order valence-corrected chi connectivity index (χ0v) is 12.9. The molecule has 0 aliphatic heterocycles. The number of hydrogen-bond acceptors (Lipinski definition) is 6. The largest absolute Gasteiger partial charge is 0.658 e. The summed E-state index contributed by atoms with van der Waals surface area (Å²) < 4.78 is 21.6. The molecule has 109 valence electrons. The van der Waals surface area contributed by atoms with Gasteiger partial charge >= 0.3 is 7.69 Å². The van der Waals surface area contributed by atoms with E-state index < -0.39 is 0 Å². The first-order valence-corrected chi connectivity index (χ1v) is 7.42. The fourth-order valence-electron chi connectivity index (χ4n) is 1.60. The van der Waals surface area contributed by atoms with Gasteiger partial charge in [0.05, 0.1) is 0 Å². The van der Waals surface area contributed by atoms with Crippen molar-refractivity contribution in [2.75, 3.05) is 11.9 Å². The zero-order valence-electron chi connectivity index (χ0n) is 11.1. The van der Waals surface area contributed by atoms with Crippen LogP contribution in [0.5, 0.6) is 23.0 Å². The molecule has 2 aromatic rings. The lowest BCUT2D eigenvalue weighted by atomic mass is 10.2. The number of thiol groups is 2. The van der Waals surface area contributed by atoms with Crippen LogP contribution in [0.15, 0.2) is 48.5 Å². The maximum Gasteiger partial charge on any atom is 0.658 e. The highest BCUT2D eigenvalue weighted by Gasteiger charge is 2.09. The summed E-state index contributed by atoms with van der Waals surface area (Å²) in [5.41, 5.74) is 0. The van der Waals surface area contributed by atoms with E-state index in [1.807, 2.05) is 24.3 Å². The lowest BCUT2D eigenvalue weighted by Crippen LogP contribution is -2.12. The van der Waals surface area contributed by atoms with Gasteiger partial charge in [0.1, 0.15) is 23.4 Å². The van der Waals surface area contributed by atoms with E-state index in [1.165, 1.54) is 7.69 Å². The summed E-state index contributed by atoms with van der Waals surface area (Å²) in [6, 6.07) is 14.5. The van der Waals surface area contributed by atoms with Crippen LogP contribution >= 0.6 is 25.3 Å². The minimum atomic E-state index is 0.264. The molecular formula is C14H14BO4S2. The lowest BCUT2D eigenvalue weighted by molar-refractivity contribution is 0.357. The second-order valence-electron chi connectivity index (χ2n) is 3.77. The van der Waals surface area contributed by atoms with Crippen molar-refractivity contribution >= 4 is 32.9 Å². The Balaban J connectivity index is 1.95. The van der Waals surface area contributed by atoms with Crippen LogP contribution in [0, 0.1) is 0 Å². The third-order valence-electron chi connectivity index (χ3n) is 2.49. The topological polar surface area (TPSA) is 36.9 Å². The van der Waals surface area contributed by atoms with Gasteiger partial charge in [-0.3, -0.25) is 0 Å². The average molecular weight is 321 g/mol. The van der Waals surface area contributed by atoms with Gasteiger partial charge in [-0.15, -0.1) is 25.3 Å². The third kappa shape index (κ3) is 4.72. The summed E-state index contributed by atoms with van der Waals surface area (Å²) in [5, 5.41) is 0. The van der Waals surface area contributed by atoms with Crippen molar-refractivity contribution in [2.45, 2.75) is 0 Å². The molecule has 2 aromatic carbocycles. The fourth-order valence-corrected chi connectivity index (χ4v) is 1.88. The van der Waals surface area contributed by atoms with Gasteiger partial charge in [-0.05, 0) is 24.3 Å². The van der Waals surface area contributed by atoms with Crippen molar-refractivity contribution in [3.63, 3.8) is 0 Å². The van der Waals surface area contributed by atoms with Crippen LogP contribution in [0.4, 0.5) is 0 Å². The normalized spacial score (nSPS) is 9.81. The predicted molar refractivity (Wildman–Crippen MR) is 88.9 cm³/mol. The third-order valence-corrected chi connectivity index (χ3v) is 2.75. The summed E-state index contributed by atoms with van der Waals surface area (Å²) in [6.45, 7) is 0. The van der Waals surface area contributed by atoms with Crippen molar-refractivity contribution in [2.24, 2.45) is 0 Å². The molecule has 0 amide bonds. The number of hydrogen-bond donors (Lipinski definition) is 2. The van der Waals surface area contributed by atoms with E-state index >= 15 is 0 Å². The average Bonchev–Trinajstić information content (AvgIpc) is 2.51. The molecule has 0 aliphatic carbocycles. The molecule has 4 nitrogen and oxygen atoms in total. The monoisotopic (exact) mass is 321 g/mol. The van der Waals surface area contributed by atoms with Crippen molar-refractivity contribution in [1.29, 1.82) is 0 Å². The SMILES string of the molecule is SCOc1ccccc1O[B]Oc1ccccc1OCS. The fraction of sp³-hybridized carbons (Fsp3) is 0.143. The summed E-state index contributed by atoms with van der Waals surface area (Å²) in [7, 11) is 1.22. The molecule has 0 spiro atoms. The maximum atomic E-state index is 5.45. The van der Waals surface area contributed by atoms with E-state index in [9.17, 15) is 0 Å². The highest BCUT2D eigenvalue weighted by molar-refractivity contribution is 7.80. The van der Waals surface area contributed by atoms with Crippen molar-refractivity contribution in [3.8, 4) is 23.0 Å². The molecule has 21 heavy (non-hydrogen) atoms. The van der Waals surface area contributed by atoms with Crippen LogP contribution in [0.2, 0.25) is 0 Å². The number of para-hydroxylation sites is 4. The zero-order chi connectivity index (χ0) is 14.9. The standard InChI is InChI=1S/C14H14BO4S2/c20-9-16-11-5-1-3-7-13(11)18-15-19-14-8-4-2-6-12(14)17-10-21/h1-8,20-21H,9-10H2. The minimum Gasteiger partial charge on any atom is -0.524 e. The molecule has 0 N–H and O–H groups in total. The molecule has 0 fully saturated rings. The van der Waals surface area contributed by atoms with Crippen LogP contribution in [0.3, 0.4) is 0 Å². The Hall–Kier alpha value is -1.60.